The topological polar surface area (TPSA) is 142 Å². The number of nitrogens with zero attached hydrogens (tertiary/aromatic N) is 1. The van der Waals surface area contributed by atoms with Crippen LogP contribution < -0.4 is 15.4 Å². The third-order valence-electron chi connectivity index (χ3n) is 8.86. The second-order valence-electron chi connectivity index (χ2n) is 14.6. The largest absolute Gasteiger partial charge is 0.449 e. The maximum Gasteiger partial charge on any atom is 0.449 e. The fourth-order valence-corrected chi connectivity index (χ4v) is 6.68. The number of benzene rings is 2. The molecule has 0 aliphatic rings. The lowest BCUT2D eigenvalue weighted by atomic mass is 9.76. The molecule has 51 heavy (non-hydrogen) atoms. The van der Waals surface area contributed by atoms with Gasteiger partial charge in [0.15, 0.2) is 0 Å². The van der Waals surface area contributed by atoms with Crippen molar-refractivity contribution in [1.82, 2.24) is 20.3 Å². The third kappa shape index (κ3) is 11.5. The molecule has 10 nitrogen and oxygen atoms in total. The number of sulfonamides is 1. The van der Waals surface area contributed by atoms with E-state index in [2.05, 4.69) is 10.6 Å². The van der Waals surface area contributed by atoms with Gasteiger partial charge in [0.05, 0.1) is 17.0 Å². The highest BCUT2D eigenvalue weighted by Crippen LogP contribution is 2.29. The van der Waals surface area contributed by atoms with E-state index in [-0.39, 0.29) is 28.7 Å². The molecule has 0 heterocycles. The molecular formula is C37H51F3N4O6S. The van der Waals surface area contributed by atoms with Gasteiger partial charge in [0.1, 0.15) is 6.04 Å². The fourth-order valence-electron chi connectivity index (χ4n) is 5.66. The molecule has 2 aromatic carbocycles. The minimum absolute atomic E-state index is 0.00964. The van der Waals surface area contributed by atoms with E-state index in [1.165, 1.54) is 30.0 Å². The predicted molar refractivity (Wildman–Crippen MR) is 190 cm³/mol. The van der Waals surface area contributed by atoms with Crippen molar-refractivity contribution in [2.24, 2.45) is 11.3 Å². The zero-order valence-electron chi connectivity index (χ0n) is 30.9. The molecule has 0 spiro atoms. The molecule has 0 fully saturated rings. The number of halogens is 3. The summed E-state index contributed by atoms with van der Waals surface area (Å²) in [6.07, 6.45) is -4.48. The van der Waals surface area contributed by atoms with Gasteiger partial charge >= 0.3 is 6.18 Å². The van der Waals surface area contributed by atoms with Crippen LogP contribution in [0, 0.1) is 11.3 Å². The summed E-state index contributed by atoms with van der Waals surface area (Å²) in [5, 5.41) is 6.07. The zero-order valence-corrected chi connectivity index (χ0v) is 31.8. The van der Waals surface area contributed by atoms with E-state index in [1.54, 1.807) is 14.1 Å². The Bertz CT molecular complexity index is 1680. The first-order chi connectivity index (χ1) is 23.3. The van der Waals surface area contributed by atoms with Crippen LogP contribution >= 0.6 is 0 Å². The van der Waals surface area contributed by atoms with Gasteiger partial charge in [0.2, 0.25) is 17.6 Å². The van der Waals surface area contributed by atoms with E-state index < -0.39 is 69.2 Å². The summed E-state index contributed by atoms with van der Waals surface area (Å²) in [6, 6.07) is 12.0. The number of hydrogen-bond donors (Lipinski definition) is 3. The monoisotopic (exact) mass is 736 g/mol. The summed E-state index contributed by atoms with van der Waals surface area (Å²) in [5.41, 5.74) is -0.0934. The van der Waals surface area contributed by atoms with Gasteiger partial charge in [0.25, 0.3) is 15.9 Å². The molecule has 3 amide bonds. The summed E-state index contributed by atoms with van der Waals surface area (Å²) in [6.45, 7) is 14.5. The van der Waals surface area contributed by atoms with Gasteiger partial charge in [0, 0.05) is 24.5 Å². The molecule has 2 aromatic rings. The van der Waals surface area contributed by atoms with Crippen molar-refractivity contribution in [2.45, 2.75) is 103 Å². The summed E-state index contributed by atoms with van der Waals surface area (Å²) in [4.78, 5) is 53.3. The van der Waals surface area contributed by atoms with E-state index in [0.717, 1.165) is 17.7 Å². The van der Waals surface area contributed by atoms with Crippen LogP contribution in [0.1, 0.15) is 72.9 Å². The van der Waals surface area contributed by atoms with Crippen LogP contribution in [0.15, 0.2) is 71.1 Å². The molecule has 2 rings (SSSR count). The molecular weight excluding hydrogens is 685 g/mol. The number of nitrogens with one attached hydrogen (secondary N) is 3. The summed E-state index contributed by atoms with van der Waals surface area (Å²) >= 11 is 0. The van der Waals surface area contributed by atoms with Crippen LogP contribution in [0.2, 0.25) is 0 Å². The van der Waals surface area contributed by atoms with Gasteiger partial charge in [-0.15, -0.1) is 0 Å². The molecule has 3 N–H and O–H groups in total. The average Bonchev–Trinajstić information content (AvgIpc) is 3.03. The van der Waals surface area contributed by atoms with Gasteiger partial charge in [-0.1, -0.05) is 97.0 Å². The lowest BCUT2D eigenvalue weighted by molar-refractivity contribution is -0.171. The van der Waals surface area contributed by atoms with Crippen LogP contribution in [0.3, 0.4) is 0 Å². The number of likely N-dealkylation sites (N-methyl/N-ethyl adjacent to an activating group) is 2. The van der Waals surface area contributed by atoms with E-state index in [1.807, 2.05) is 83.5 Å². The molecule has 14 heteroatoms. The summed E-state index contributed by atoms with van der Waals surface area (Å²) in [7, 11) is -1.14. The first-order valence-electron chi connectivity index (χ1n) is 16.6. The number of carbonyl (C=O) groups excluding carboxylic acids is 4. The molecule has 282 valence electrons. The first kappa shape index (κ1) is 43.1. The van der Waals surface area contributed by atoms with Crippen LogP contribution in [0.4, 0.5) is 13.2 Å². The third-order valence-corrected chi connectivity index (χ3v) is 10.2. The summed E-state index contributed by atoms with van der Waals surface area (Å²) < 4.78 is 65.5. The Balaban J connectivity index is 2.26. The fraction of sp³-hybridized carbons (Fsp3) is 0.514. The van der Waals surface area contributed by atoms with Crippen LogP contribution in [-0.4, -0.2) is 75.2 Å². The molecule has 0 aliphatic carbocycles. The number of ketones is 1. The van der Waals surface area contributed by atoms with Crippen molar-refractivity contribution in [1.29, 1.82) is 0 Å². The Hall–Kier alpha value is -4.04. The second-order valence-corrected chi connectivity index (χ2v) is 16.3. The first-order valence-corrected chi connectivity index (χ1v) is 18.1. The minimum Gasteiger partial charge on any atom is -0.342 e. The summed E-state index contributed by atoms with van der Waals surface area (Å²) in [5.74, 6) is -3.83. The van der Waals surface area contributed by atoms with Gasteiger partial charge < -0.3 is 15.5 Å². The quantitative estimate of drug-likeness (QED) is 0.217. The number of alkyl halides is 3. The standard InChI is InChI=1S/C37H51F3N4O6S/c1-23(2)28(22-24(3)32(46)43-51(49,50)27-19-16-25(17-20-27)18-21-29(45)37(38,39)40)44(10)34(48)31(35(4,5)6)42-33(47)30(41-9)36(7,8)26-14-12-11-13-15-26/h11-17,19-20,22-23,28,30-31,41H,18,21H2,1-10H3,(H,42,47)(H,43,46)/b24-22+/t28-,30-,31-/m1/s1. The maximum atomic E-state index is 14.1. The molecule has 0 radical (unpaired) electrons. The van der Waals surface area contributed by atoms with E-state index in [9.17, 15) is 40.8 Å². The molecule has 0 saturated heterocycles. The lowest BCUT2D eigenvalue weighted by Gasteiger charge is -2.40. The number of amides is 3. The second kappa shape index (κ2) is 17.0. The van der Waals surface area contributed by atoms with Crippen molar-refractivity contribution in [2.75, 3.05) is 14.1 Å². The van der Waals surface area contributed by atoms with E-state index >= 15 is 0 Å². The van der Waals surface area contributed by atoms with Crippen molar-refractivity contribution in [3.05, 3.63) is 77.4 Å². The Morgan fingerprint density at radius 2 is 1.43 bits per heavy atom. The van der Waals surface area contributed by atoms with Crippen molar-refractivity contribution in [3.63, 3.8) is 0 Å². The number of carbonyl (C=O) groups is 4. The molecule has 0 aliphatic heterocycles. The SMILES string of the molecule is CN[C@H](C(=O)N[C@H](C(=O)N(C)[C@H](/C=C(\C)C(=O)NS(=O)(=O)c1ccc(CCC(=O)C(F)(F)F)cc1)C(C)C)C(C)(C)C)C(C)(C)c1ccccc1. The molecule has 0 aromatic heterocycles. The Kier molecular flexibility index (Phi) is 14.4. The van der Waals surface area contributed by atoms with E-state index in [0.29, 0.717) is 5.56 Å². The molecule has 3 atom stereocenters. The van der Waals surface area contributed by atoms with Crippen molar-refractivity contribution in [3.8, 4) is 0 Å². The van der Waals surface area contributed by atoms with Gasteiger partial charge in [-0.05, 0) is 55.0 Å². The Labute approximate surface area is 299 Å². The highest BCUT2D eigenvalue weighted by atomic mass is 32.2. The van der Waals surface area contributed by atoms with Crippen molar-refractivity contribution >= 4 is 33.5 Å². The molecule has 0 unspecified atom stereocenters. The predicted octanol–water partition coefficient (Wildman–Crippen LogP) is 5.08. The van der Waals surface area contributed by atoms with Gasteiger partial charge in [-0.25, -0.2) is 13.1 Å². The highest BCUT2D eigenvalue weighted by molar-refractivity contribution is 7.90. The number of hydrogen-bond acceptors (Lipinski definition) is 7. The Morgan fingerprint density at radius 1 is 0.882 bits per heavy atom. The molecule has 0 saturated carbocycles. The Morgan fingerprint density at radius 3 is 1.90 bits per heavy atom. The van der Waals surface area contributed by atoms with Crippen LogP contribution in [-0.2, 0) is 41.0 Å². The number of aryl methyl sites for hydroxylation is 1. The lowest BCUT2D eigenvalue weighted by Crippen LogP contribution is -2.61. The van der Waals surface area contributed by atoms with Crippen LogP contribution in [0.25, 0.3) is 0 Å². The molecule has 0 bridgehead atoms. The van der Waals surface area contributed by atoms with Crippen molar-refractivity contribution < 1.29 is 40.8 Å². The normalized spacial score (nSPS) is 14.7. The average molecular weight is 737 g/mol. The zero-order chi connectivity index (χ0) is 39.1. The van der Waals surface area contributed by atoms with Crippen LogP contribution in [0.5, 0.6) is 0 Å². The van der Waals surface area contributed by atoms with Gasteiger partial charge in [-0.2, -0.15) is 13.2 Å². The van der Waals surface area contributed by atoms with E-state index in [4.69, 9.17) is 0 Å². The maximum absolute atomic E-state index is 14.1. The minimum atomic E-state index is -4.95. The number of Topliss-reactive ketones (excluding diaryl/α,β-unsaturated/α-hetero) is 1. The van der Waals surface area contributed by atoms with Gasteiger partial charge in [-0.3, -0.25) is 19.2 Å². The number of rotatable bonds is 15. The smallest absolute Gasteiger partial charge is 0.342 e. The highest BCUT2D eigenvalue weighted by Gasteiger charge is 2.42.